The topological polar surface area (TPSA) is 66.3 Å². The second-order valence-electron chi connectivity index (χ2n) is 5.75. The Labute approximate surface area is 143 Å². The Balaban J connectivity index is 1.61. The Kier molecular flexibility index (Phi) is 4.77. The summed E-state index contributed by atoms with van der Waals surface area (Å²) in [4.78, 5) is 16.7. The van der Waals surface area contributed by atoms with Crippen LogP contribution in [0.3, 0.4) is 0 Å². The molecule has 3 rings (SSSR count). The van der Waals surface area contributed by atoms with E-state index in [1.165, 1.54) is 0 Å². The summed E-state index contributed by atoms with van der Waals surface area (Å²) < 4.78 is 6.46. The average molecular weight is 379 g/mol. The van der Waals surface area contributed by atoms with Crippen LogP contribution in [0.5, 0.6) is 0 Å². The van der Waals surface area contributed by atoms with Gasteiger partial charge in [-0.25, -0.2) is 0 Å². The van der Waals surface area contributed by atoms with E-state index < -0.39 is 6.04 Å². The van der Waals surface area contributed by atoms with Gasteiger partial charge in [0.1, 0.15) is 16.5 Å². The number of benzene rings is 1. The molecule has 7 heteroatoms. The second kappa shape index (κ2) is 6.80. The average Bonchev–Trinajstić information content (AvgIpc) is 2.86. The van der Waals surface area contributed by atoms with Crippen LogP contribution in [-0.4, -0.2) is 46.1 Å². The van der Waals surface area contributed by atoms with Gasteiger partial charge in [0.2, 0.25) is 0 Å². The zero-order chi connectivity index (χ0) is 16.4. The molecule has 0 saturated heterocycles. The monoisotopic (exact) mass is 378 g/mol. The molecular weight excluding hydrogens is 360 g/mol. The maximum atomic E-state index is 12.3. The number of hydrogen-bond acceptors (Lipinski definition) is 5. The minimum Gasteiger partial charge on any atom is -0.375 e. The zero-order valence-corrected chi connectivity index (χ0v) is 14.7. The first-order valence-electron chi connectivity index (χ1n) is 7.55. The molecular formula is C16H19BrN4O2. The van der Waals surface area contributed by atoms with Crippen LogP contribution in [0.4, 0.5) is 0 Å². The molecule has 2 aliphatic heterocycles. The predicted octanol–water partition coefficient (Wildman–Crippen LogP) is 1.90. The molecule has 0 aliphatic carbocycles. The number of halogens is 1. The summed E-state index contributed by atoms with van der Waals surface area (Å²) in [6.45, 7) is 4.80. The van der Waals surface area contributed by atoms with Crippen molar-refractivity contribution in [3.63, 3.8) is 0 Å². The SMILES string of the molecule is CC1=NC2C(Br)=NN([C@@H](C)COCc3ccccc3)C2C(=O)N1. The number of amides is 1. The third-order valence-corrected chi connectivity index (χ3v) is 4.49. The van der Waals surface area contributed by atoms with E-state index >= 15 is 0 Å². The number of carbonyl (C=O) groups is 1. The van der Waals surface area contributed by atoms with Gasteiger partial charge in [0.25, 0.3) is 5.91 Å². The summed E-state index contributed by atoms with van der Waals surface area (Å²) in [5, 5.41) is 9.02. The summed E-state index contributed by atoms with van der Waals surface area (Å²) in [7, 11) is 0. The molecule has 2 aliphatic rings. The first-order valence-corrected chi connectivity index (χ1v) is 8.35. The summed E-state index contributed by atoms with van der Waals surface area (Å²) in [5.74, 6) is 0.550. The van der Waals surface area contributed by atoms with Crippen molar-refractivity contribution in [2.24, 2.45) is 10.1 Å². The standard InChI is InChI=1S/C16H19BrN4O2/c1-10(8-23-9-12-6-4-3-5-7-12)21-14-13(15(17)20-21)18-11(2)19-16(14)22/h3-7,10,13-14H,8-9H2,1-2H3,(H,18,19,22)/t10-,13?,14?/m0/s1. The van der Waals surface area contributed by atoms with E-state index in [9.17, 15) is 4.79 Å². The molecule has 1 aromatic carbocycles. The highest BCUT2D eigenvalue weighted by atomic mass is 79.9. The summed E-state index contributed by atoms with van der Waals surface area (Å²) in [6, 6.07) is 9.30. The number of hydrogen-bond donors (Lipinski definition) is 1. The number of carbonyl (C=O) groups excluding carboxylic acids is 1. The maximum Gasteiger partial charge on any atom is 0.252 e. The van der Waals surface area contributed by atoms with Crippen molar-refractivity contribution in [1.82, 2.24) is 10.3 Å². The Morgan fingerprint density at radius 3 is 2.87 bits per heavy atom. The van der Waals surface area contributed by atoms with Crippen LogP contribution in [0.1, 0.15) is 19.4 Å². The van der Waals surface area contributed by atoms with Crippen LogP contribution >= 0.6 is 15.9 Å². The van der Waals surface area contributed by atoms with Gasteiger partial charge in [-0.1, -0.05) is 30.3 Å². The van der Waals surface area contributed by atoms with Gasteiger partial charge in [0, 0.05) is 0 Å². The molecule has 0 spiro atoms. The Bertz CT molecular complexity index is 647. The summed E-state index contributed by atoms with van der Waals surface area (Å²) in [5.41, 5.74) is 1.12. The minimum atomic E-state index is -0.414. The normalized spacial score (nSPS) is 24.7. The van der Waals surface area contributed by atoms with E-state index in [2.05, 4.69) is 31.3 Å². The molecule has 0 bridgehead atoms. The predicted molar refractivity (Wildman–Crippen MR) is 92.6 cm³/mol. The van der Waals surface area contributed by atoms with Crippen LogP contribution in [0.25, 0.3) is 0 Å². The van der Waals surface area contributed by atoms with E-state index in [-0.39, 0.29) is 18.0 Å². The van der Waals surface area contributed by atoms with Gasteiger partial charge in [-0.05, 0) is 35.3 Å². The van der Waals surface area contributed by atoms with Crippen LogP contribution in [-0.2, 0) is 16.1 Å². The Morgan fingerprint density at radius 1 is 1.39 bits per heavy atom. The lowest BCUT2D eigenvalue weighted by Gasteiger charge is -2.32. The Hall–Kier alpha value is -1.73. The molecule has 3 atom stereocenters. The molecule has 122 valence electrons. The smallest absolute Gasteiger partial charge is 0.252 e. The fraction of sp³-hybridized carbons (Fsp3) is 0.438. The molecule has 1 N–H and O–H groups in total. The quantitative estimate of drug-likeness (QED) is 0.850. The van der Waals surface area contributed by atoms with E-state index in [1.54, 1.807) is 11.9 Å². The molecule has 2 unspecified atom stereocenters. The number of nitrogens with zero attached hydrogens (tertiary/aromatic N) is 3. The Morgan fingerprint density at radius 2 is 2.13 bits per heavy atom. The first-order chi connectivity index (χ1) is 11.1. The first kappa shape index (κ1) is 16.1. The second-order valence-corrected chi connectivity index (χ2v) is 6.56. The molecule has 0 saturated carbocycles. The van der Waals surface area contributed by atoms with Gasteiger partial charge >= 0.3 is 0 Å². The third kappa shape index (κ3) is 3.45. The van der Waals surface area contributed by atoms with Gasteiger partial charge in [0.15, 0.2) is 6.04 Å². The number of aliphatic imine (C=N–C) groups is 1. The number of rotatable bonds is 5. The molecule has 1 amide bonds. The zero-order valence-electron chi connectivity index (χ0n) is 13.1. The third-order valence-electron chi connectivity index (χ3n) is 3.87. The molecule has 1 aromatic rings. The van der Waals surface area contributed by atoms with Crippen LogP contribution in [0.15, 0.2) is 40.4 Å². The highest BCUT2D eigenvalue weighted by Crippen LogP contribution is 2.26. The fourth-order valence-electron chi connectivity index (χ4n) is 2.76. The van der Waals surface area contributed by atoms with Crippen molar-refractivity contribution < 1.29 is 9.53 Å². The molecule has 0 fully saturated rings. The van der Waals surface area contributed by atoms with Gasteiger partial charge in [-0.3, -0.25) is 14.8 Å². The molecule has 0 radical (unpaired) electrons. The molecule has 2 heterocycles. The van der Waals surface area contributed by atoms with Crippen LogP contribution in [0, 0.1) is 0 Å². The van der Waals surface area contributed by atoms with Crippen molar-refractivity contribution in [3.8, 4) is 0 Å². The van der Waals surface area contributed by atoms with Crippen LogP contribution < -0.4 is 5.32 Å². The largest absolute Gasteiger partial charge is 0.375 e. The van der Waals surface area contributed by atoms with E-state index in [0.29, 0.717) is 23.7 Å². The van der Waals surface area contributed by atoms with Crippen molar-refractivity contribution >= 4 is 32.3 Å². The minimum absolute atomic E-state index is 0.0272. The lowest BCUT2D eigenvalue weighted by Crippen LogP contribution is -2.55. The van der Waals surface area contributed by atoms with Crippen molar-refractivity contribution in [1.29, 1.82) is 0 Å². The van der Waals surface area contributed by atoms with Crippen molar-refractivity contribution in [2.75, 3.05) is 6.61 Å². The number of ether oxygens (including phenoxy) is 1. The highest BCUT2D eigenvalue weighted by Gasteiger charge is 2.45. The van der Waals surface area contributed by atoms with Gasteiger partial charge in [-0.15, -0.1) is 0 Å². The summed E-state index contributed by atoms with van der Waals surface area (Å²) in [6.07, 6.45) is 0. The molecule has 0 aromatic heterocycles. The lowest BCUT2D eigenvalue weighted by atomic mass is 10.1. The maximum absolute atomic E-state index is 12.3. The van der Waals surface area contributed by atoms with Crippen molar-refractivity contribution in [3.05, 3.63) is 35.9 Å². The lowest BCUT2D eigenvalue weighted by molar-refractivity contribution is -0.126. The van der Waals surface area contributed by atoms with E-state index in [4.69, 9.17) is 4.74 Å². The van der Waals surface area contributed by atoms with Gasteiger partial charge in [0.05, 0.1) is 19.3 Å². The van der Waals surface area contributed by atoms with Gasteiger partial charge in [-0.2, -0.15) is 5.10 Å². The number of amidine groups is 1. The number of hydrazone groups is 1. The van der Waals surface area contributed by atoms with E-state index in [1.807, 2.05) is 37.3 Å². The summed E-state index contributed by atoms with van der Waals surface area (Å²) >= 11 is 3.43. The van der Waals surface area contributed by atoms with Crippen LogP contribution in [0.2, 0.25) is 0 Å². The molecule has 6 nitrogen and oxygen atoms in total. The van der Waals surface area contributed by atoms with Crippen molar-refractivity contribution in [2.45, 2.75) is 38.6 Å². The molecule has 23 heavy (non-hydrogen) atoms. The number of nitrogens with one attached hydrogen (secondary N) is 1. The fourth-order valence-corrected chi connectivity index (χ4v) is 3.29. The number of fused-ring (bicyclic) bond motifs is 1. The van der Waals surface area contributed by atoms with E-state index in [0.717, 1.165) is 5.56 Å². The van der Waals surface area contributed by atoms with Gasteiger partial charge < -0.3 is 10.1 Å². The highest BCUT2D eigenvalue weighted by molar-refractivity contribution is 9.18.